The Bertz CT molecular complexity index is 539. The molecule has 3 nitrogen and oxygen atoms in total. The number of thiol groups is 1. The molecule has 0 aliphatic rings. The first-order chi connectivity index (χ1) is 7.75. The maximum Gasteiger partial charge on any atom is 0.168 e. The molecule has 0 aliphatic carbocycles. The van der Waals surface area contributed by atoms with E-state index in [9.17, 15) is 8.42 Å². The van der Waals surface area contributed by atoms with Crippen LogP contribution in [0, 0.1) is 0 Å². The Kier molecular flexibility index (Phi) is 3.22. The first kappa shape index (κ1) is 10.7. The van der Waals surface area contributed by atoms with Gasteiger partial charge in [0.1, 0.15) is 11.5 Å². The fraction of sp³-hybridized carbons (Fsp3) is 0. The van der Waals surface area contributed by atoms with Crippen LogP contribution in [0.25, 0.3) is 0 Å². The molecule has 0 atom stereocenters. The average Bonchev–Trinajstić information content (AvgIpc) is 2.30. The van der Waals surface area contributed by atoms with Gasteiger partial charge in [-0.15, -0.1) is 0 Å². The van der Waals surface area contributed by atoms with E-state index in [1.165, 1.54) is 12.1 Å². The topological polar surface area (TPSA) is 43.4 Å². The van der Waals surface area contributed by atoms with Crippen LogP contribution in [-0.4, -0.2) is 8.42 Å². The Hall–Kier alpha value is -1.81. The third kappa shape index (κ3) is 2.61. The normalized spacial score (nSPS) is 10.3. The van der Waals surface area contributed by atoms with Crippen LogP contribution >= 0.6 is 0 Å². The monoisotopic (exact) mass is 234 g/mol. The van der Waals surface area contributed by atoms with Crippen molar-refractivity contribution in [2.45, 2.75) is 4.90 Å². The summed E-state index contributed by atoms with van der Waals surface area (Å²) in [4.78, 5) is 0.253. The quantitative estimate of drug-likeness (QED) is 0.829. The Labute approximate surface area is 95.3 Å². The van der Waals surface area contributed by atoms with Gasteiger partial charge in [-0.1, -0.05) is 24.3 Å². The molecule has 2 aromatic rings. The predicted octanol–water partition coefficient (Wildman–Crippen LogP) is 2.45. The largest absolute Gasteiger partial charge is 0.457 e. The molecule has 0 spiro atoms. The third-order valence-corrected chi connectivity index (χ3v) is 2.71. The number of rotatable bonds is 3. The van der Waals surface area contributed by atoms with Gasteiger partial charge in [0.15, 0.2) is 10.7 Å². The van der Waals surface area contributed by atoms with Gasteiger partial charge in [0.2, 0.25) is 0 Å². The molecule has 0 heterocycles. The van der Waals surface area contributed by atoms with Crippen LogP contribution in [0.4, 0.5) is 0 Å². The van der Waals surface area contributed by atoms with Crippen molar-refractivity contribution in [1.29, 1.82) is 0 Å². The van der Waals surface area contributed by atoms with Gasteiger partial charge in [0.05, 0.1) is 4.90 Å². The predicted molar refractivity (Wildman–Crippen MR) is 61.5 cm³/mol. The maximum atomic E-state index is 10.8. The van der Waals surface area contributed by atoms with E-state index in [2.05, 4.69) is 0 Å². The molecule has 0 amide bonds. The van der Waals surface area contributed by atoms with Crippen LogP contribution in [0.3, 0.4) is 0 Å². The second-order valence-electron chi connectivity index (χ2n) is 3.17. The highest BCUT2D eigenvalue weighted by Crippen LogP contribution is 2.21. The summed E-state index contributed by atoms with van der Waals surface area (Å²) in [5.41, 5.74) is 0. The van der Waals surface area contributed by atoms with E-state index in [-0.39, 0.29) is 4.90 Å². The van der Waals surface area contributed by atoms with Gasteiger partial charge >= 0.3 is 0 Å². The summed E-state index contributed by atoms with van der Waals surface area (Å²) in [6.07, 6.45) is 0. The van der Waals surface area contributed by atoms with E-state index in [0.717, 1.165) is 0 Å². The van der Waals surface area contributed by atoms with Crippen molar-refractivity contribution < 1.29 is 13.2 Å². The van der Waals surface area contributed by atoms with Crippen molar-refractivity contribution in [3.63, 3.8) is 0 Å². The van der Waals surface area contributed by atoms with Crippen LogP contribution < -0.4 is 4.74 Å². The number of hydrogen-bond donors (Lipinski definition) is 1. The Morgan fingerprint density at radius 3 is 2.19 bits per heavy atom. The molecule has 0 aliphatic heterocycles. The van der Waals surface area contributed by atoms with Crippen LogP contribution in [0.15, 0.2) is 59.5 Å². The van der Waals surface area contributed by atoms with Gasteiger partial charge in [-0.05, 0) is 30.3 Å². The Morgan fingerprint density at radius 2 is 1.50 bits per heavy atom. The van der Waals surface area contributed by atoms with Gasteiger partial charge in [-0.2, -0.15) is 0 Å². The first-order valence-electron chi connectivity index (χ1n) is 4.73. The van der Waals surface area contributed by atoms with Crippen molar-refractivity contribution in [1.82, 2.24) is 0 Å². The molecule has 4 heteroatoms. The highest BCUT2D eigenvalue weighted by Gasteiger charge is 1.99. The molecule has 0 radical (unpaired) electrons. The molecular weight excluding hydrogens is 224 g/mol. The second kappa shape index (κ2) is 4.81. The zero-order valence-corrected chi connectivity index (χ0v) is 9.26. The highest BCUT2D eigenvalue weighted by atomic mass is 32.2. The smallest absolute Gasteiger partial charge is 0.168 e. The van der Waals surface area contributed by atoms with Crippen LogP contribution in [0.2, 0.25) is 0 Å². The summed E-state index contributed by atoms with van der Waals surface area (Å²) in [6.45, 7) is 0. The number of hydrogen-bond acceptors (Lipinski definition) is 3. The van der Waals surface area contributed by atoms with Gasteiger partial charge in [-0.25, -0.2) is 8.42 Å². The fourth-order valence-corrected chi connectivity index (χ4v) is 1.73. The summed E-state index contributed by atoms with van der Waals surface area (Å²) in [5, 5.41) is 0. The van der Waals surface area contributed by atoms with Crippen molar-refractivity contribution in [2.24, 2.45) is 0 Å². The van der Waals surface area contributed by atoms with Gasteiger partial charge in [-0.3, -0.25) is 0 Å². The summed E-state index contributed by atoms with van der Waals surface area (Å²) in [7, 11) is -2.57. The van der Waals surface area contributed by atoms with Crippen LogP contribution in [-0.2, 0) is 10.7 Å². The van der Waals surface area contributed by atoms with Crippen molar-refractivity contribution in [3.8, 4) is 11.5 Å². The standard InChI is InChI=1S/C12H10O3S/c13-16(14)12-8-4-7-11(9-12)15-10-5-2-1-3-6-10/h1-9,16H. The lowest BCUT2D eigenvalue weighted by atomic mass is 10.3. The van der Waals surface area contributed by atoms with Crippen molar-refractivity contribution >= 4 is 10.7 Å². The first-order valence-corrected chi connectivity index (χ1v) is 5.91. The van der Waals surface area contributed by atoms with Gasteiger partial charge < -0.3 is 4.74 Å². The molecule has 0 bridgehead atoms. The molecule has 0 unspecified atom stereocenters. The van der Waals surface area contributed by atoms with Crippen LogP contribution in [0.5, 0.6) is 11.5 Å². The Balaban J connectivity index is 2.25. The molecular formula is C12H10O3S. The average molecular weight is 234 g/mol. The molecule has 2 aromatic carbocycles. The summed E-state index contributed by atoms with van der Waals surface area (Å²) < 4.78 is 27.1. The van der Waals surface area contributed by atoms with E-state index in [1.54, 1.807) is 12.1 Å². The number of para-hydroxylation sites is 1. The highest BCUT2D eigenvalue weighted by molar-refractivity contribution is 7.72. The summed E-state index contributed by atoms with van der Waals surface area (Å²) >= 11 is 0. The molecule has 16 heavy (non-hydrogen) atoms. The van der Waals surface area contributed by atoms with Gasteiger partial charge in [0, 0.05) is 0 Å². The van der Waals surface area contributed by atoms with E-state index >= 15 is 0 Å². The lowest BCUT2D eigenvalue weighted by Gasteiger charge is -2.05. The molecule has 82 valence electrons. The SMILES string of the molecule is O=[SH](=O)c1cccc(Oc2ccccc2)c1. The molecule has 2 rings (SSSR count). The summed E-state index contributed by atoms with van der Waals surface area (Å²) in [5.74, 6) is 1.20. The van der Waals surface area contributed by atoms with Crippen molar-refractivity contribution in [3.05, 3.63) is 54.6 Å². The van der Waals surface area contributed by atoms with E-state index in [1.807, 2.05) is 30.3 Å². The van der Waals surface area contributed by atoms with E-state index in [0.29, 0.717) is 11.5 Å². The summed E-state index contributed by atoms with van der Waals surface area (Å²) in [6, 6.07) is 15.6. The molecule has 0 fully saturated rings. The van der Waals surface area contributed by atoms with E-state index < -0.39 is 10.7 Å². The zero-order chi connectivity index (χ0) is 11.4. The maximum absolute atomic E-state index is 10.8. The third-order valence-electron chi connectivity index (χ3n) is 2.01. The second-order valence-corrected chi connectivity index (χ2v) is 4.20. The lowest BCUT2D eigenvalue weighted by Crippen LogP contribution is -1.85. The molecule has 0 saturated heterocycles. The molecule has 0 aromatic heterocycles. The Morgan fingerprint density at radius 1 is 0.812 bits per heavy atom. The fourth-order valence-electron chi connectivity index (χ4n) is 1.29. The van der Waals surface area contributed by atoms with Crippen molar-refractivity contribution in [2.75, 3.05) is 0 Å². The minimum Gasteiger partial charge on any atom is -0.457 e. The van der Waals surface area contributed by atoms with Crippen LogP contribution in [0.1, 0.15) is 0 Å². The molecule has 0 N–H and O–H groups in total. The minimum atomic E-state index is -2.57. The number of ether oxygens (including phenoxy) is 1. The van der Waals surface area contributed by atoms with Gasteiger partial charge in [0.25, 0.3) is 0 Å². The van der Waals surface area contributed by atoms with E-state index in [4.69, 9.17) is 4.74 Å². The lowest BCUT2D eigenvalue weighted by molar-refractivity contribution is 0.481. The number of benzene rings is 2. The molecule has 0 saturated carbocycles. The zero-order valence-electron chi connectivity index (χ0n) is 8.37. The minimum absolute atomic E-state index is 0.253.